The fourth-order valence-corrected chi connectivity index (χ4v) is 2.68. The Morgan fingerprint density at radius 2 is 1.77 bits per heavy atom. The van der Waals surface area contributed by atoms with E-state index in [1.807, 2.05) is 0 Å². The molecule has 0 aliphatic rings. The zero-order valence-corrected chi connectivity index (χ0v) is 15.9. The Balaban J connectivity index is 1.85. The molecule has 0 bridgehead atoms. The van der Waals surface area contributed by atoms with Gasteiger partial charge in [0.05, 0.1) is 24.6 Å². The van der Waals surface area contributed by atoms with Crippen LogP contribution in [-0.2, 0) is 20.4 Å². The lowest BCUT2D eigenvalue weighted by atomic mass is 10.1. The van der Waals surface area contributed by atoms with Gasteiger partial charge in [-0.2, -0.15) is 18.3 Å². The molecule has 2 aromatic heterocycles. The molecule has 2 heterocycles. The van der Waals surface area contributed by atoms with E-state index in [0.29, 0.717) is 11.8 Å². The molecule has 0 saturated heterocycles. The smallest absolute Gasteiger partial charge is 0.417 e. The van der Waals surface area contributed by atoms with Crippen molar-refractivity contribution in [2.24, 2.45) is 0 Å². The number of rotatable bonds is 5. The first kappa shape index (κ1) is 21.0. The minimum atomic E-state index is -4.51. The van der Waals surface area contributed by atoms with Crippen LogP contribution in [0.3, 0.4) is 0 Å². The molecule has 0 amide bonds. The van der Waals surface area contributed by atoms with Gasteiger partial charge in [-0.25, -0.2) is 19.3 Å². The van der Waals surface area contributed by atoms with Gasteiger partial charge in [-0.05, 0) is 19.1 Å². The number of aromatic nitrogens is 3. The molecule has 0 radical (unpaired) electrons. The number of carbonyl (C=O) groups is 2. The molecule has 3 rings (SSSR count). The van der Waals surface area contributed by atoms with Gasteiger partial charge < -0.3 is 9.47 Å². The summed E-state index contributed by atoms with van der Waals surface area (Å²) in [6, 6.07) is 10.3. The van der Waals surface area contributed by atoms with E-state index in [-0.39, 0.29) is 17.1 Å². The van der Waals surface area contributed by atoms with Crippen molar-refractivity contribution in [1.82, 2.24) is 14.8 Å². The minimum Gasteiger partial charge on any atom is -0.466 e. The van der Waals surface area contributed by atoms with E-state index < -0.39 is 29.8 Å². The third-order valence-corrected chi connectivity index (χ3v) is 4.26. The molecule has 30 heavy (non-hydrogen) atoms. The van der Waals surface area contributed by atoms with Gasteiger partial charge in [-0.15, -0.1) is 0 Å². The second-order valence-corrected chi connectivity index (χ2v) is 6.18. The van der Waals surface area contributed by atoms with Crippen LogP contribution in [0.5, 0.6) is 0 Å². The summed E-state index contributed by atoms with van der Waals surface area (Å²) in [5, 5.41) is 4.00. The Labute approximate surface area is 169 Å². The van der Waals surface area contributed by atoms with Gasteiger partial charge in [0.15, 0.2) is 5.82 Å². The predicted molar refractivity (Wildman–Crippen MR) is 97.7 cm³/mol. The maximum atomic E-state index is 12.7. The zero-order valence-electron chi connectivity index (χ0n) is 15.9. The van der Waals surface area contributed by atoms with Crippen molar-refractivity contribution in [2.75, 3.05) is 7.11 Å². The van der Waals surface area contributed by atoms with Crippen LogP contribution >= 0.6 is 0 Å². The average molecular weight is 419 g/mol. The maximum Gasteiger partial charge on any atom is 0.417 e. The number of benzene rings is 1. The summed E-state index contributed by atoms with van der Waals surface area (Å²) in [6.07, 6.45) is -3.93. The van der Waals surface area contributed by atoms with E-state index in [1.165, 1.54) is 24.9 Å². The second-order valence-electron chi connectivity index (χ2n) is 6.18. The monoisotopic (exact) mass is 419 g/mol. The maximum absolute atomic E-state index is 12.7. The molecular formula is C20H16F3N3O4. The van der Waals surface area contributed by atoms with E-state index >= 15 is 0 Å². The van der Waals surface area contributed by atoms with Crippen LogP contribution in [0, 0.1) is 6.92 Å². The van der Waals surface area contributed by atoms with Gasteiger partial charge in [0.25, 0.3) is 0 Å². The molecule has 1 unspecified atom stereocenters. The van der Waals surface area contributed by atoms with Crippen LogP contribution in [0.25, 0.3) is 5.82 Å². The van der Waals surface area contributed by atoms with Gasteiger partial charge in [-0.3, -0.25) is 0 Å². The molecule has 1 atom stereocenters. The largest absolute Gasteiger partial charge is 0.466 e. The Kier molecular flexibility index (Phi) is 5.86. The van der Waals surface area contributed by atoms with E-state index in [1.54, 1.807) is 30.3 Å². The van der Waals surface area contributed by atoms with Crippen molar-refractivity contribution in [1.29, 1.82) is 0 Å². The highest BCUT2D eigenvalue weighted by Crippen LogP contribution is 2.29. The number of nitrogens with zero attached hydrogens (tertiary/aromatic N) is 3. The lowest BCUT2D eigenvalue weighted by molar-refractivity contribution is -0.151. The lowest BCUT2D eigenvalue weighted by Gasteiger charge is -2.16. The van der Waals surface area contributed by atoms with Gasteiger partial charge in [0.1, 0.15) is 5.56 Å². The SMILES string of the molecule is COC(=O)C(OC(=O)c1cnn(-c2ccc(C(F)(F)F)cn2)c1C)c1ccccc1. The second kappa shape index (κ2) is 8.36. The van der Waals surface area contributed by atoms with E-state index in [4.69, 9.17) is 9.47 Å². The molecule has 3 aromatic rings. The normalized spacial score (nSPS) is 12.3. The summed E-state index contributed by atoms with van der Waals surface area (Å²) < 4.78 is 49.4. The van der Waals surface area contributed by atoms with Gasteiger partial charge in [0, 0.05) is 11.8 Å². The topological polar surface area (TPSA) is 83.3 Å². The standard InChI is InChI=1S/C20H16F3N3O4/c1-12-15(11-25-26(12)16-9-8-14(10-24-16)20(21,22)23)18(27)30-17(19(28)29-2)13-6-4-3-5-7-13/h3-11,17H,1-2H3. The average Bonchev–Trinajstić information content (AvgIpc) is 3.12. The molecule has 7 nitrogen and oxygen atoms in total. The quantitative estimate of drug-likeness (QED) is 0.587. The Morgan fingerprint density at radius 3 is 2.33 bits per heavy atom. The number of ether oxygens (including phenoxy) is 2. The summed E-state index contributed by atoms with van der Waals surface area (Å²) >= 11 is 0. The summed E-state index contributed by atoms with van der Waals surface area (Å²) in [5.41, 5.74) is -0.169. The summed E-state index contributed by atoms with van der Waals surface area (Å²) in [4.78, 5) is 28.5. The van der Waals surface area contributed by atoms with E-state index in [9.17, 15) is 22.8 Å². The van der Waals surface area contributed by atoms with Gasteiger partial charge in [0.2, 0.25) is 6.10 Å². The van der Waals surface area contributed by atoms with Gasteiger partial charge >= 0.3 is 18.1 Å². The first-order chi connectivity index (χ1) is 14.2. The fourth-order valence-electron chi connectivity index (χ4n) is 2.68. The molecule has 0 spiro atoms. The highest BCUT2D eigenvalue weighted by atomic mass is 19.4. The van der Waals surface area contributed by atoms with Crippen LogP contribution in [0.15, 0.2) is 54.9 Å². The van der Waals surface area contributed by atoms with Crippen molar-refractivity contribution < 1.29 is 32.2 Å². The van der Waals surface area contributed by atoms with Crippen LogP contribution in [-0.4, -0.2) is 33.8 Å². The third kappa shape index (κ3) is 4.32. The predicted octanol–water partition coefficient (Wildman–Crippen LogP) is 3.67. The highest BCUT2D eigenvalue weighted by Gasteiger charge is 2.31. The number of hydrogen-bond acceptors (Lipinski definition) is 6. The summed E-state index contributed by atoms with van der Waals surface area (Å²) in [7, 11) is 1.17. The summed E-state index contributed by atoms with van der Waals surface area (Å²) in [5.74, 6) is -1.51. The lowest BCUT2D eigenvalue weighted by Crippen LogP contribution is -2.21. The number of carbonyl (C=O) groups excluding carboxylic acids is 2. The highest BCUT2D eigenvalue weighted by molar-refractivity contribution is 5.92. The van der Waals surface area contributed by atoms with Crippen molar-refractivity contribution >= 4 is 11.9 Å². The number of halogens is 3. The Hall–Kier alpha value is -3.69. The summed E-state index contributed by atoms with van der Waals surface area (Å²) in [6.45, 7) is 1.53. The van der Waals surface area contributed by atoms with Crippen LogP contribution in [0.4, 0.5) is 13.2 Å². The fraction of sp³-hybridized carbons (Fsp3) is 0.200. The molecule has 0 fully saturated rings. The van der Waals surface area contributed by atoms with Crippen LogP contribution in [0.2, 0.25) is 0 Å². The molecule has 0 N–H and O–H groups in total. The third-order valence-electron chi connectivity index (χ3n) is 4.26. The zero-order chi connectivity index (χ0) is 21.9. The molecule has 1 aromatic carbocycles. The van der Waals surface area contributed by atoms with Crippen molar-refractivity contribution in [3.05, 3.63) is 77.2 Å². The molecule has 0 aliphatic heterocycles. The molecule has 0 saturated carbocycles. The van der Waals surface area contributed by atoms with Crippen molar-refractivity contribution in [3.8, 4) is 5.82 Å². The number of pyridine rings is 1. The van der Waals surface area contributed by atoms with Crippen molar-refractivity contribution in [3.63, 3.8) is 0 Å². The molecule has 156 valence electrons. The molecular weight excluding hydrogens is 403 g/mol. The number of methoxy groups -OCH3 is 1. The van der Waals surface area contributed by atoms with Crippen molar-refractivity contribution in [2.45, 2.75) is 19.2 Å². The first-order valence-electron chi connectivity index (χ1n) is 8.64. The molecule has 10 heteroatoms. The van der Waals surface area contributed by atoms with E-state index in [2.05, 4.69) is 10.1 Å². The number of esters is 2. The number of alkyl halides is 3. The Bertz CT molecular complexity index is 1050. The van der Waals surface area contributed by atoms with Crippen LogP contribution in [0.1, 0.15) is 33.3 Å². The van der Waals surface area contributed by atoms with E-state index in [0.717, 1.165) is 12.1 Å². The Morgan fingerprint density at radius 1 is 1.07 bits per heavy atom. The van der Waals surface area contributed by atoms with Crippen LogP contribution < -0.4 is 0 Å². The van der Waals surface area contributed by atoms with Gasteiger partial charge in [-0.1, -0.05) is 30.3 Å². The first-order valence-corrected chi connectivity index (χ1v) is 8.64. The molecule has 0 aliphatic carbocycles. The number of hydrogen-bond donors (Lipinski definition) is 0. The minimum absolute atomic E-state index is 0.0292.